The maximum Gasteiger partial charge on any atom is 0.416 e. The lowest BCUT2D eigenvalue weighted by molar-refractivity contribution is -0.143. The molecule has 2 aliphatic heterocycles. The number of azo groups is 1. The van der Waals surface area contributed by atoms with Crippen molar-refractivity contribution < 1.29 is 40.7 Å². The first-order valence-electron chi connectivity index (χ1n) is 11.5. The van der Waals surface area contributed by atoms with Crippen molar-refractivity contribution in [3.8, 4) is 0 Å². The van der Waals surface area contributed by atoms with Crippen molar-refractivity contribution in [3.63, 3.8) is 0 Å². The van der Waals surface area contributed by atoms with E-state index in [9.17, 15) is 35.9 Å². The molecule has 0 saturated carbocycles. The molecule has 3 aromatic rings. The Bertz CT molecular complexity index is 1450. The number of amides is 2. The molecule has 2 aromatic carbocycles. The number of alkyl halides is 6. The summed E-state index contributed by atoms with van der Waals surface area (Å²) in [5.41, 5.74) is -0.218. The molecule has 2 aliphatic rings. The Balaban J connectivity index is 1.23. The molecule has 15 heteroatoms. The van der Waals surface area contributed by atoms with Crippen LogP contribution in [0.1, 0.15) is 44.0 Å². The lowest BCUT2D eigenvalue weighted by atomic mass is 10.0. The van der Waals surface area contributed by atoms with E-state index in [0.717, 1.165) is 5.56 Å². The standard InChI is InChI=1S/C24H18F6N6O3/c25-23(26,27)14-5-12(6-15(7-14)24(28,29)30)11-39-22(38)36-4-3-17-19(10-36)34-35-20(17)21(37)32-16-2-1-13-9-31-33-18(13)8-16/h1-2,5-8H,3-4,9-11H2,(H,32,37)(H,34,35). The van der Waals surface area contributed by atoms with E-state index in [1.807, 2.05) is 0 Å². The third-order valence-corrected chi connectivity index (χ3v) is 6.18. The van der Waals surface area contributed by atoms with Gasteiger partial charge in [-0.05, 0) is 42.3 Å². The number of rotatable bonds is 4. The molecule has 0 spiro atoms. The predicted octanol–water partition coefficient (Wildman–Crippen LogP) is 5.99. The van der Waals surface area contributed by atoms with Crippen LogP contribution in [-0.4, -0.2) is 33.6 Å². The van der Waals surface area contributed by atoms with Gasteiger partial charge in [0.05, 0.1) is 35.6 Å². The lowest BCUT2D eigenvalue weighted by Crippen LogP contribution is -2.36. The summed E-state index contributed by atoms with van der Waals surface area (Å²) < 4.78 is 83.4. The molecule has 0 fully saturated rings. The zero-order valence-corrected chi connectivity index (χ0v) is 19.8. The number of carbonyl (C=O) groups excluding carboxylic acids is 2. The number of carbonyl (C=O) groups is 2. The minimum atomic E-state index is -5.01. The predicted molar refractivity (Wildman–Crippen MR) is 122 cm³/mol. The number of H-pyrrole nitrogens is 1. The van der Waals surface area contributed by atoms with Gasteiger partial charge in [0.1, 0.15) is 6.61 Å². The number of anilines is 1. The molecule has 2 N–H and O–H groups in total. The fourth-order valence-electron chi connectivity index (χ4n) is 4.25. The van der Waals surface area contributed by atoms with E-state index in [0.29, 0.717) is 41.3 Å². The van der Waals surface area contributed by atoms with Crippen LogP contribution in [0.3, 0.4) is 0 Å². The van der Waals surface area contributed by atoms with Crippen LogP contribution in [0, 0.1) is 0 Å². The lowest BCUT2D eigenvalue weighted by Gasteiger charge is -2.26. The number of hydrogen-bond donors (Lipinski definition) is 2. The van der Waals surface area contributed by atoms with Crippen molar-refractivity contribution in [2.45, 2.75) is 38.5 Å². The van der Waals surface area contributed by atoms with Gasteiger partial charge in [-0.2, -0.15) is 41.7 Å². The second-order valence-corrected chi connectivity index (χ2v) is 8.87. The molecule has 0 radical (unpaired) electrons. The number of nitrogens with zero attached hydrogens (tertiary/aromatic N) is 4. The van der Waals surface area contributed by atoms with Gasteiger partial charge >= 0.3 is 18.4 Å². The highest BCUT2D eigenvalue weighted by Gasteiger charge is 2.37. The van der Waals surface area contributed by atoms with E-state index in [1.54, 1.807) is 18.2 Å². The third kappa shape index (κ3) is 5.56. The Morgan fingerprint density at radius 3 is 2.44 bits per heavy atom. The van der Waals surface area contributed by atoms with Crippen LogP contribution < -0.4 is 5.32 Å². The van der Waals surface area contributed by atoms with Gasteiger partial charge < -0.3 is 15.0 Å². The van der Waals surface area contributed by atoms with E-state index in [-0.39, 0.29) is 31.3 Å². The average molecular weight is 552 g/mol. The average Bonchev–Trinajstić information content (AvgIpc) is 3.52. The Morgan fingerprint density at radius 1 is 1.03 bits per heavy atom. The highest BCUT2D eigenvalue weighted by molar-refractivity contribution is 6.04. The molecule has 1 aromatic heterocycles. The summed E-state index contributed by atoms with van der Waals surface area (Å²) in [5, 5.41) is 17.4. The van der Waals surface area contributed by atoms with Crippen LogP contribution in [0.15, 0.2) is 46.6 Å². The molecule has 3 heterocycles. The maximum atomic E-state index is 13.1. The molecule has 0 unspecified atom stereocenters. The zero-order valence-electron chi connectivity index (χ0n) is 19.8. The molecular formula is C24H18F6N6O3. The molecule has 9 nitrogen and oxygen atoms in total. The summed E-state index contributed by atoms with van der Waals surface area (Å²) in [7, 11) is 0. The zero-order chi connectivity index (χ0) is 27.9. The van der Waals surface area contributed by atoms with Gasteiger partial charge in [-0.3, -0.25) is 9.89 Å². The topological polar surface area (TPSA) is 112 Å². The fourth-order valence-corrected chi connectivity index (χ4v) is 4.25. The molecule has 0 bridgehead atoms. The van der Waals surface area contributed by atoms with Gasteiger partial charge in [-0.25, -0.2) is 4.79 Å². The van der Waals surface area contributed by atoms with Crippen LogP contribution in [0.25, 0.3) is 0 Å². The second-order valence-electron chi connectivity index (χ2n) is 8.87. The van der Waals surface area contributed by atoms with Crippen molar-refractivity contribution in [1.82, 2.24) is 15.1 Å². The summed E-state index contributed by atoms with van der Waals surface area (Å²) in [6.07, 6.45) is -10.8. The SMILES string of the molecule is O=C(Nc1ccc2c(c1)N=NC2)c1n[nH]c2c1CCN(C(=O)OCc1cc(C(F)(F)F)cc(C(F)(F)F)c1)C2. The normalized spacial score (nSPS) is 14.7. The van der Waals surface area contributed by atoms with Gasteiger partial charge in [0.25, 0.3) is 5.91 Å². The van der Waals surface area contributed by atoms with Crippen molar-refractivity contribution in [2.24, 2.45) is 10.2 Å². The number of nitrogens with one attached hydrogen (secondary N) is 2. The molecule has 0 aliphatic carbocycles. The molecule has 39 heavy (non-hydrogen) atoms. The van der Waals surface area contributed by atoms with Crippen LogP contribution in [0.4, 0.5) is 42.5 Å². The minimum absolute atomic E-state index is 0.00105. The number of ether oxygens (including phenoxy) is 1. The van der Waals surface area contributed by atoms with Crippen molar-refractivity contribution in [3.05, 3.63) is 75.6 Å². The van der Waals surface area contributed by atoms with Gasteiger partial charge in [-0.1, -0.05) is 6.07 Å². The fraction of sp³-hybridized carbons (Fsp3) is 0.292. The summed E-state index contributed by atoms with van der Waals surface area (Å²) in [6, 6.07) is 6.20. The quantitative estimate of drug-likeness (QED) is 0.387. The summed E-state index contributed by atoms with van der Waals surface area (Å²) in [6.45, 7) is -0.290. The second kappa shape index (κ2) is 9.71. The maximum absolute atomic E-state index is 13.1. The van der Waals surface area contributed by atoms with Gasteiger partial charge in [0.15, 0.2) is 5.69 Å². The number of aromatic nitrogens is 2. The van der Waals surface area contributed by atoms with Crippen LogP contribution in [0.2, 0.25) is 0 Å². The Morgan fingerprint density at radius 2 is 1.74 bits per heavy atom. The monoisotopic (exact) mass is 552 g/mol. The van der Waals surface area contributed by atoms with Gasteiger partial charge in [0, 0.05) is 23.4 Å². The largest absolute Gasteiger partial charge is 0.445 e. The van der Waals surface area contributed by atoms with Crippen molar-refractivity contribution in [1.29, 1.82) is 0 Å². The van der Waals surface area contributed by atoms with Gasteiger partial charge in [0.2, 0.25) is 0 Å². The van der Waals surface area contributed by atoms with E-state index in [1.165, 1.54) is 4.90 Å². The molecule has 0 atom stereocenters. The minimum Gasteiger partial charge on any atom is -0.445 e. The van der Waals surface area contributed by atoms with E-state index in [4.69, 9.17) is 4.74 Å². The van der Waals surface area contributed by atoms with Crippen LogP contribution in [-0.2, 0) is 43.2 Å². The smallest absolute Gasteiger partial charge is 0.416 e. The number of halogens is 6. The molecule has 2 amide bonds. The first-order chi connectivity index (χ1) is 18.4. The molecule has 204 valence electrons. The molecule has 5 rings (SSSR count). The third-order valence-electron chi connectivity index (χ3n) is 6.18. The number of aromatic amines is 1. The highest BCUT2D eigenvalue weighted by atomic mass is 19.4. The Labute approximate surface area is 215 Å². The Kier molecular flexibility index (Phi) is 6.52. The summed E-state index contributed by atoms with van der Waals surface area (Å²) in [4.78, 5) is 26.6. The van der Waals surface area contributed by atoms with Crippen molar-refractivity contribution in [2.75, 3.05) is 11.9 Å². The first kappa shape index (κ1) is 26.2. The molecule has 0 saturated heterocycles. The van der Waals surface area contributed by atoms with Crippen molar-refractivity contribution >= 4 is 23.4 Å². The first-order valence-corrected chi connectivity index (χ1v) is 11.5. The highest BCUT2D eigenvalue weighted by Crippen LogP contribution is 2.36. The number of benzene rings is 2. The van der Waals surface area contributed by atoms with E-state index >= 15 is 0 Å². The Hall–Kier alpha value is -4.43. The summed E-state index contributed by atoms with van der Waals surface area (Å²) in [5.74, 6) is -0.483. The van der Waals surface area contributed by atoms with Crippen LogP contribution in [0.5, 0.6) is 0 Å². The van der Waals surface area contributed by atoms with Crippen LogP contribution >= 0.6 is 0 Å². The van der Waals surface area contributed by atoms with E-state index < -0.39 is 47.7 Å². The van der Waals surface area contributed by atoms with E-state index in [2.05, 4.69) is 25.7 Å². The van der Waals surface area contributed by atoms with Gasteiger partial charge in [-0.15, -0.1) is 0 Å². The number of hydrogen-bond acceptors (Lipinski definition) is 6. The molecular weight excluding hydrogens is 534 g/mol. The number of fused-ring (bicyclic) bond motifs is 2. The summed E-state index contributed by atoms with van der Waals surface area (Å²) >= 11 is 0.